The minimum Gasteiger partial charge on any atom is -0.304 e. The van der Waals surface area contributed by atoms with Crippen LogP contribution in [0, 0.1) is 5.92 Å². The van der Waals surface area contributed by atoms with Crippen LogP contribution in [-0.4, -0.2) is 29.0 Å². The van der Waals surface area contributed by atoms with Crippen molar-refractivity contribution in [2.75, 3.05) is 18.0 Å². The Morgan fingerprint density at radius 2 is 2.30 bits per heavy atom. The van der Waals surface area contributed by atoms with Crippen LogP contribution < -0.4 is 0 Å². The highest BCUT2D eigenvalue weighted by atomic mass is 127. The van der Waals surface area contributed by atoms with E-state index in [1.165, 1.54) is 23.8 Å². The van der Waals surface area contributed by atoms with Gasteiger partial charge in [-0.15, -0.1) is 0 Å². The van der Waals surface area contributed by atoms with E-state index in [9.17, 15) is 0 Å². The third kappa shape index (κ3) is 2.09. The molecule has 10 heavy (non-hydrogen) atoms. The van der Waals surface area contributed by atoms with Crippen LogP contribution in [0.5, 0.6) is 0 Å². The van der Waals surface area contributed by atoms with Crippen molar-refractivity contribution in [3.05, 3.63) is 0 Å². The van der Waals surface area contributed by atoms with Gasteiger partial charge >= 0.3 is 0 Å². The molecular formula is C8H16IN. The molecule has 0 aromatic rings. The number of rotatable bonds is 1. The molecule has 0 bridgehead atoms. The van der Waals surface area contributed by atoms with Gasteiger partial charge in [-0.3, -0.25) is 0 Å². The van der Waals surface area contributed by atoms with Crippen LogP contribution in [0.3, 0.4) is 0 Å². The molecule has 0 spiro atoms. The summed E-state index contributed by atoms with van der Waals surface area (Å²) in [5, 5.41) is 0. The van der Waals surface area contributed by atoms with Crippen molar-refractivity contribution in [3.63, 3.8) is 0 Å². The summed E-state index contributed by atoms with van der Waals surface area (Å²) < 4.78 is 1.34. The third-order valence-corrected chi connectivity index (χ3v) is 3.78. The fraction of sp³-hybridized carbons (Fsp3) is 1.00. The summed E-state index contributed by atoms with van der Waals surface area (Å²) in [5.74, 6) is 0.992. The molecule has 1 nitrogen and oxygen atoms in total. The van der Waals surface area contributed by atoms with Gasteiger partial charge in [0.2, 0.25) is 0 Å². The molecule has 1 aliphatic rings. The number of hydrogen-bond acceptors (Lipinski definition) is 1. The summed E-state index contributed by atoms with van der Waals surface area (Å²) >= 11 is 2.51. The monoisotopic (exact) mass is 253 g/mol. The van der Waals surface area contributed by atoms with Crippen LogP contribution in [0.4, 0.5) is 0 Å². The molecule has 1 saturated heterocycles. The molecule has 0 aliphatic carbocycles. The van der Waals surface area contributed by atoms with Gasteiger partial charge in [-0.2, -0.15) is 0 Å². The molecule has 0 radical (unpaired) electrons. The second-order valence-corrected chi connectivity index (χ2v) is 4.26. The summed E-state index contributed by atoms with van der Waals surface area (Å²) in [6.07, 6.45) is 2.81. The van der Waals surface area contributed by atoms with Crippen LogP contribution in [0.1, 0.15) is 19.8 Å². The second kappa shape index (κ2) is 3.90. The Hall–Kier alpha value is 0.690. The van der Waals surface area contributed by atoms with E-state index in [4.69, 9.17) is 0 Å². The zero-order chi connectivity index (χ0) is 7.56. The van der Waals surface area contributed by atoms with Crippen LogP contribution in [0.15, 0.2) is 0 Å². The molecule has 2 heteroatoms. The molecule has 0 amide bonds. The fourth-order valence-corrected chi connectivity index (χ4v) is 2.33. The maximum atomic E-state index is 2.51. The zero-order valence-corrected chi connectivity index (χ0v) is 8.97. The van der Waals surface area contributed by atoms with Crippen molar-refractivity contribution in [2.24, 2.45) is 5.92 Å². The Bertz CT molecular complexity index is 105. The minimum atomic E-state index is 0.813. The molecule has 0 aromatic heterocycles. The van der Waals surface area contributed by atoms with Crippen LogP contribution in [0.2, 0.25) is 0 Å². The van der Waals surface area contributed by atoms with Crippen molar-refractivity contribution >= 4 is 22.6 Å². The number of nitrogens with zero attached hydrogens (tertiary/aromatic N) is 1. The van der Waals surface area contributed by atoms with Crippen molar-refractivity contribution in [1.29, 1.82) is 0 Å². The van der Waals surface area contributed by atoms with E-state index in [-0.39, 0.29) is 0 Å². The summed E-state index contributed by atoms with van der Waals surface area (Å²) in [4.78, 5) is 2.46. The molecule has 0 N–H and O–H groups in total. The number of piperidine rings is 1. The molecule has 1 aliphatic heterocycles. The Labute approximate surface area is 77.3 Å². The average molecular weight is 253 g/mol. The first-order valence-electron chi connectivity index (χ1n) is 4.00. The molecule has 0 aromatic carbocycles. The van der Waals surface area contributed by atoms with Crippen molar-refractivity contribution in [2.45, 2.75) is 25.8 Å². The van der Waals surface area contributed by atoms with Gasteiger partial charge in [0.05, 0.1) is 0 Å². The summed E-state index contributed by atoms with van der Waals surface area (Å²) in [6.45, 7) is 3.63. The largest absolute Gasteiger partial charge is 0.304 e. The van der Waals surface area contributed by atoms with Crippen LogP contribution in [-0.2, 0) is 0 Å². The van der Waals surface area contributed by atoms with Gasteiger partial charge in [-0.1, -0.05) is 22.6 Å². The standard InChI is InChI=1S/C8H16IN/c1-7-5-8(6-9)3-4-10(7)2/h7-8H,3-6H2,1-2H3. The summed E-state index contributed by atoms with van der Waals surface area (Å²) in [5.41, 5.74) is 0. The third-order valence-electron chi connectivity index (χ3n) is 2.54. The van der Waals surface area contributed by atoms with Gasteiger partial charge in [0.15, 0.2) is 0 Å². The lowest BCUT2D eigenvalue weighted by atomic mass is 9.94. The molecular weight excluding hydrogens is 237 g/mol. The highest BCUT2D eigenvalue weighted by molar-refractivity contribution is 14.1. The predicted octanol–water partition coefficient (Wildman–Crippen LogP) is 2.15. The predicted molar refractivity (Wildman–Crippen MR) is 53.7 cm³/mol. The Morgan fingerprint density at radius 1 is 1.60 bits per heavy atom. The maximum absolute atomic E-state index is 2.51. The van der Waals surface area contributed by atoms with Gasteiger partial charge in [-0.05, 0) is 39.3 Å². The van der Waals surface area contributed by atoms with Gasteiger partial charge in [-0.25, -0.2) is 0 Å². The van der Waals surface area contributed by atoms with Crippen molar-refractivity contribution in [3.8, 4) is 0 Å². The first-order valence-corrected chi connectivity index (χ1v) is 5.52. The van der Waals surface area contributed by atoms with Gasteiger partial charge < -0.3 is 4.90 Å². The highest BCUT2D eigenvalue weighted by Crippen LogP contribution is 2.22. The number of halogens is 1. The Kier molecular flexibility index (Phi) is 3.43. The lowest BCUT2D eigenvalue weighted by molar-refractivity contribution is 0.165. The first-order chi connectivity index (χ1) is 4.74. The zero-order valence-electron chi connectivity index (χ0n) is 6.81. The lowest BCUT2D eigenvalue weighted by Gasteiger charge is -2.34. The number of hydrogen-bond donors (Lipinski definition) is 0. The van der Waals surface area contributed by atoms with Crippen molar-refractivity contribution in [1.82, 2.24) is 4.90 Å². The van der Waals surface area contributed by atoms with Crippen molar-refractivity contribution < 1.29 is 0 Å². The van der Waals surface area contributed by atoms with Crippen LogP contribution in [0.25, 0.3) is 0 Å². The molecule has 1 fully saturated rings. The van der Waals surface area contributed by atoms with E-state index in [0.717, 1.165) is 12.0 Å². The van der Waals surface area contributed by atoms with Gasteiger partial charge in [0.1, 0.15) is 0 Å². The topological polar surface area (TPSA) is 3.24 Å². The number of alkyl halides is 1. The summed E-state index contributed by atoms with van der Waals surface area (Å²) in [6, 6.07) is 0.813. The molecule has 1 rings (SSSR count). The quantitative estimate of drug-likeness (QED) is 0.511. The van der Waals surface area contributed by atoms with E-state index in [2.05, 4.69) is 41.5 Å². The van der Waals surface area contributed by atoms with E-state index >= 15 is 0 Å². The normalized spacial score (nSPS) is 36.3. The van der Waals surface area contributed by atoms with Gasteiger partial charge in [0, 0.05) is 10.5 Å². The maximum Gasteiger partial charge on any atom is 0.00667 e. The lowest BCUT2D eigenvalue weighted by Crippen LogP contribution is -2.38. The minimum absolute atomic E-state index is 0.813. The molecule has 2 unspecified atom stereocenters. The fourth-order valence-electron chi connectivity index (χ4n) is 1.53. The van der Waals surface area contributed by atoms with E-state index in [1.807, 2.05) is 0 Å². The Balaban J connectivity index is 2.33. The molecule has 60 valence electrons. The van der Waals surface area contributed by atoms with Gasteiger partial charge in [0.25, 0.3) is 0 Å². The van der Waals surface area contributed by atoms with Crippen LogP contribution >= 0.6 is 22.6 Å². The second-order valence-electron chi connectivity index (χ2n) is 3.37. The van der Waals surface area contributed by atoms with E-state index in [0.29, 0.717) is 0 Å². The SMILES string of the molecule is CC1CC(CI)CCN1C. The smallest absolute Gasteiger partial charge is 0.00667 e. The average Bonchev–Trinajstić information content (AvgIpc) is 1.95. The molecule has 2 atom stereocenters. The first kappa shape index (κ1) is 8.78. The van der Waals surface area contributed by atoms with E-state index in [1.54, 1.807) is 0 Å². The molecule has 1 heterocycles. The Morgan fingerprint density at radius 3 is 2.80 bits per heavy atom. The molecule has 0 saturated carbocycles. The highest BCUT2D eigenvalue weighted by Gasteiger charge is 2.21. The summed E-state index contributed by atoms with van der Waals surface area (Å²) in [7, 11) is 2.23. The number of likely N-dealkylation sites (tertiary alicyclic amines) is 1. The van der Waals surface area contributed by atoms with E-state index < -0.39 is 0 Å².